The van der Waals surface area contributed by atoms with Crippen LogP contribution in [0.3, 0.4) is 0 Å². The molecule has 0 aliphatic rings. The van der Waals surface area contributed by atoms with E-state index in [1.807, 2.05) is 31.3 Å². The molecule has 0 amide bonds. The summed E-state index contributed by atoms with van der Waals surface area (Å²) in [4.78, 5) is 4.46. The minimum absolute atomic E-state index is 0.402. The monoisotopic (exact) mass is 332 g/mol. The maximum Gasteiger partial charge on any atom is 0.177 e. The van der Waals surface area contributed by atoms with Crippen molar-refractivity contribution in [2.45, 2.75) is 13.5 Å². The van der Waals surface area contributed by atoms with E-state index in [-0.39, 0.29) is 0 Å². The minimum Gasteiger partial charge on any atom is -0.497 e. The van der Waals surface area contributed by atoms with Gasteiger partial charge in [-0.15, -0.1) is 0 Å². The van der Waals surface area contributed by atoms with Gasteiger partial charge in [0, 0.05) is 24.2 Å². The van der Waals surface area contributed by atoms with Crippen LogP contribution < -0.4 is 14.8 Å². The van der Waals surface area contributed by atoms with Crippen LogP contribution >= 0.6 is 11.6 Å². The first-order valence-electron chi connectivity index (χ1n) is 7.08. The highest BCUT2D eigenvalue weighted by molar-refractivity contribution is 6.29. The first-order chi connectivity index (χ1) is 11.1. The van der Waals surface area contributed by atoms with Crippen LogP contribution in [0.25, 0.3) is 5.65 Å². The van der Waals surface area contributed by atoms with Crippen molar-refractivity contribution < 1.29 is 9.47 Å². The van der Waals surface area contributed by atoms with Gasteiger partial charge in [-0.05, 0) is 19.1 Å². The van der Waals surface area contributed by atoms with E-state index < -0.39 is 0 Å². The van der Waals surface area contributed by atoms with Crippen molar-refractivity contribution in [3.63, 3.8) is 0 Å². The Balaban J connectivity index is 1.89. The lowest BCUT2D eigenvalue weighted by Crippen LogP contribution is -2.05. The van der Waals surface area contributed by atoms with Crippen molar-refractivity contribution in [2.75, 3.05) is 19.5 Å². The van der Waals surface area contributed by atoms with Crippen LogP contribution in [0.1, 0.15) is 11.3 Å². The Hall–Kier alpha value is -2.47. The molecular weight excluding hydrogens is 316 g/mol. The third-order valence-electron chi connectivity index (χ3n) is 3.48. The fourth-order valence-corrected chi connectivity index (χ4v) is 2.57. The number of nitrogens with zero attached hydrogens (tertiary/aromatic N) is 3. The number of nitrogens with one attached hydrogen (secondary N) is 1. The summed E-state index contributed by atoms with van der Waals surface area (Å²) in [7, 11) is 3.26. The molecule has 6 nitrogen and oxygen atoms in total. The van der Waals surface area contributed by atoms with Gasteiger partial charge >= 0.3 is 0 Å². The van der Waals surface area contributed by atoms with Crippen LogP contribution in [0, 0.1) is 6.92 Å². The highest BCUT2D eigenvalue weighted by Crippen LogP contribution is 2.26. The lowest BCUT2D eigenvalue weighted by atomic mass is 10.2. The van der Waals surface area contributed by atoms with E-state index in [9.17, 15) is 0 Å². The molecule has 3 rings (SSSR count). The van der Waals surface area contributed by atoms with E-state index in [0.717, 1.165) is 34.1 Å². The SMILES string of the molecule is COc1ccc(CNc2cc(Cl)nn3cc(C)nc23)c(OC)c1. The van der Waals surface area contributed by atoms with Gasteiger partial charge in [-0.3, -0.25) is 0 Å². The maximum absolute atomic E-state index is 6.07. The molecule has 2 aromatic heterocycles. The molecule has 0 saturated heterocycles. The summed E-state index contributed by atoms with van der Waals surface area (Å²) in [6, 6.07) is 7.47. The molecule has 0 aliphatic heterocycles. The summed E-state index contributed by atoms with van der Waals surface area (Å²) >= 11 is 6.07. The summed E-state index contributed by atoms with van der Waals surface area (Å²) in [6.07, 6.45) is 1.83. The highest BCUT2D eigenvalue weighted by atomic mass is 35.5. The predicted octanol–water partition coefficient (Wildman–Crippen LogP) is 3.32. The Morgan fingerprint density at radius 2 is 2.04 bits per heavy atom. The van der Waals surface area contributed by atoms with E-state index in [2.05, 4.69) is 15.4 Å². The van der Waals surface area contributed by atoms with Gasteiger partial charge in [0.2, 0.25) is 0 Å². The smallest absolute Gasteiger partial charge is 0.177 e. The Morgan fingerprint density at radius 3 is 2.78 bits per heavy atom. The number of methoxy groups -OCH3 is 2. The van der Waals surface area contributed by atoms with E-state index in [1.54, 1.807) is 24.8 Å². The Kier molecular flexibility index (Phi) is 4.25. The molecule has 1 aromatic carbocycles. The topological polar surface area (TPSA) is 60.7 Å². The summed E-state index contributed by atoms with van der Waals surface area (Å²) in [6.45, 7) is 2.48. The normalized spacial score (nSPS) is 10.8. The number of fused-ring (bicyclic) bond motifs is 1. The van der Waals surface area contributed by atoms with Crippen molar-refractivity contribution in [3.05, 3.63) is 46.9 Å². The molecule has 0 aliphatic carbocycles. The third kappa shape index (κ3) is 3.17. The van der Waals surface area contributed by atoms with Gasteiger partial charge in [0.15, 0.2) is 10.8 Å². The molecule has 1 N–H and O–H groups in total. The summed E-state index contributed by atoms with van der Waals surface area (Å²) in [5.41, 5.74) is 3.43. The van der Waals surface area contributed by atoms with E-state index >= 15 is 0 Å². The van der Waals surface area contributed by atoms with Crippen molar-refractivity contribution in [1.82, 2.24) is 14.6 Å². The van der Waals surface area contributed by atoms with Crippen LogP contribution in [0.2, 0.25) is 5.15 Å². The molecule has 0 unspecified atom stereocenters. The van der Waals surface area contributed by atoms with Gasteiger partial charge in [0.05, 0.1) is 31.8 Å². The van der Waals surface area contributed by atoms with Crippen molar-refractivity contribution in [2.24, 2.45) is 0 Å². The molecule has 0 bridgehead atoms. The van der Waals surface area contributed by atoms with Crippen molar-refractivity contribution in [3.8, 4) is 11.5 Å². The standard InChI is InChI=1S/C16H17ClN4O2/c1-10-9-21-16(19-10)13(7-15(17)20-21)18-8-11-4-5-12(22-2)6-14(11)23-3/h4-7,9,18H,8H2,1-3H3. The fraction of sp³-hybridized carbons (Fsp3) is 0.250. The second-order valence-corrected chi connectivity index (χ2v) is 5.45. The van der Waals surface area contributed by atoms with Gasteiger partial charge in [-0.25, -0.2) is 9.50 Å². The first-order valence-corrected chi connectivity index (χ1v) is 7.46. The number of halogens is 1. The second kappa shape index (κ2) is 6.34. The zero-order chi connectivity index (χ0) is 16.4. The molecule has 0 saturated carbocycles. The molecule has 23 heavy (non-hydrogen) atoms. The molecule has 0 radical (unpaired) electrons. The molecule has 0 atom stereocenters. The first kappa shape index (κ1) is 15.4. The van der Waals surface area contributed by atoms with Crippen LogP contribution in [0.4, 0.5) is 5.69 Å². The zero-order valence-electron chi connectivity index (χ0n) is 13.1. The Morgan fingerprint density at radius 1 is 1.22 bits per heavy atom. The maximum atomic E-state index is 6.07. The van der Waals surface area contributed by atoms with Crippen molar-refractivity contribution >= 4 is 22.9 Å². The highest BCUT2D eigenvalue weighted by Gasteiger charge is 2.10. The van der Waals surface area contributed by atoms with Crippen LogP contribution in [-0.4, -0.2) is 28.8 Å². The van der Waals surface area contributed by atoms with E-state index in [4.69, 9.17) is 21.1 Å². The van der Waals surface area contributed by atoms with E-state index in [1.165, 1.54) is 0 Å². The second-order valence-electron chi connectivity index (χ2n) is 5.06. The van der Waals surface area contributed by atoms with Crippen molar-refractivity contribution in [1.29, 1.82) is 0 Å². The number of hydrogen-bond acceptors (Lipinski definition) is 5. The number of benzene rings is 1. The molecular formula is C16H17ClN4O2. The summed E-state index contributed by atoms with van der Waals surface area (Å²) in [5, 5.41) is 7.95. The van der Waals surface area contributed by atoms with Gasteiger partial charge in [0.25, 0.3) is 0 Å². The number of rotatable bonds is 5. The van der Waals surface area contributed by atoms with Crippen LogP contribution in [-0.2, 0) is 6.54 Å². The number of aromatic nitrogens is 3. The predicted molar refractivity (Wildman–Crippen MR) is 89.6 cm³/mol. The number of hydrogen-bond donors (Lipinski definition) is 1. The molecule has 2 heterocycles. The average molecular weight is 333 g/mol. The largest absolute Gasteiger partial charge is 0.497 e. The lowest BCUT2D eigenvalue weighted by Gasteiger charge is -2.12. The fourth-order valence-electron chi connectivity index (χ4n) is 2.38. The minimum atomic E-state index is 0.402. The number of anilines is 1. The van der Waals surface area contributed by atoms with Gasteiger partial charge in [-0.2, -0.15) is 5.10 Å². The van der Waals surface area contributed by atoms with Gasteiger partial charge < -0.3 is 14.8 Å². The molecule has 7 heteroatoms. The van der Waals surface area contributed by atoms with Crippen LogP contribution in [0.15, 0.2) is 30.5 Å². The molecule has 3 aromatic rings. The van der Waals surface area contributed by atoms with Gasteiger partial charge in [0.1, 0.15) is 11.5 Å². The number of imidazole rings is 1. The molecule has 0 spiro atoms. The summed E-state index contributed by atoms with van der Waals surface area (Å²) in [5.74, 6) is 1.51. The average Bonchev–Trinajstić information content (AvgIpc) is 2.92. The van der Waals surface area contributed by atoms with E-state index in [0.29, 0.717) is 11.7 Å². The summed E-state index contributed by atoms with van der Waals surface area (Å²) < 4.78 is 12.3. The molecule has 0 fully saturated rings. The Labute approximate surface area is 139 Å². The number of aryl methyl sites for hydroxylation is 1. The third-order valence-corrected chi connectivity index (χ3v) is 3.66. The molecule has 120 valence electrons. The quantitative estimate of drug-likeness (QED) is 0.776. The number of ether oxygens (including phenoxy) is 2. The zero-order valence-corrected chi connectivity index (χ0v) is 13.9. The Bertz CT molecular complexity index is 847. The van der Waals surface area contributed by atoms with Crippen LogP contribution in [0.5, 0.6) is 11.5 Å². The van der Waals surface area contributed by atoms with Gasteiger partial charge in [-0.1, -0.05) is 11.6 Å². The lowest BCUT2D eigenvalue weighted by molar-refractivity contribution is 0.391.